The Balaban J connectivity index is 1.20. The Morgan fingerprint density at radius 2 is 1.74 bits per heavy atom. The van der Waals surface area contributed by atoms with E-state index in [9.17, 15) is 4.79 Å². The Morgan fingerprint density at radius 1 is 0.971 bits per heavy atom. The van der Waals surface area contributed by atoms with Crippen molar-refractivity contribution >= 4 is 17.3 Å². The lowest BCUT2D eigenvalue weighted by Gasteiger charge is -2.41. The van der Waals surface area contributed by atoms with Crippen molar-refractivity contribution < 1.29 is 14.3 Å². The first-order valence-corrected chi connectivity index (χ1v) is 12.2. The van der Waals surface area contributed by atoms with Gasteiger partial charge in [0.25, 0.3) is 5.91 Å². The number of aromatic nitrogens is 1. The number of amides is 1. The van der Waals surface area contributed by atoms with Gasteiger partial charge in [-0.1, -0.05) is 6.07 Å². The summed E-state index contributed by atoms with van der Waals surface area (Å²) >= 11 is 0. The molecule has 0 radical (unpaired) electrons. The van der Waals surface area contributed by atoms with Gasteiger partial charge in [-0.2, -0.15) is 0 Å². The molecule has 0 bridgehead atoms. The number of fused-ring (bicyclic) bond motifs is 1. The number of nitrogens with zero attached hydrogens (tertiary/aromatic N) is 3. The fraction of sp³-hybridized carbons (Fsp3) is 0.357. The summed E-state index contributed by atoms with van der Waals surface area (Å²) in [6.07, 6.45) is 6.52. The highest BCUT2D eigenvalue weighted by Gasteiger charge is 2.28. The maximum atomic E-state index is 12.5. The fourth-order valence-corrected chi connectivity index (χ4v) is 5.19. The van der Waals surface area contributed by atoms with Crippen LogP contribution in [0.15, 0.2) is 60.9 Å². The lowest BCUT2D eigenvalue weighted by atomic mass is 9.94. The third-order valence-electron chi connectivity index (χ3n) is 7.12. The summed E-state index contributed by atoms with van der Waals surface area (Å²) < 4.78 is 11.0. The molecule has 2 aliphatic rings. The molecule has 1 saturated heterocycles. The Kier molecular flexibility index (Phi) is 6.86. The summed E-state index contributed by atoms with van der Waals surface area (Å²) in [7, 11) is 3.39. The van der Waals surface area contributed by atoms with Crippen LogP contribution in [0.5, 0.6) is 11.5 Å². The van der Waals surface area contributed by atoms with E-state index in [-0.39, 0.29) is 5.91 Å². The first kappa shape index (κ1) is 23.2. The van der Waals surface area contributed by atoms with Gasteiger partial charge in [-0.25, -0.2) is 0 Å². The summed E-state index contributed by atoms with van der Waals surface area (Å²) in [5.41, 5.74) is 5.21. The molecule has 3 aromatic rings. The predicted octanol–water partition coefficient (Wildman–Crippen LogP) is 4.38. The molecule has 0 saturated carbocycles. The molecule has 0 atom stereocenters. The number of pyridine rings is 1. The zero-order valence-electron chi connectivity index (χ0n) is 20.4. The summed E-state index contributed by atoms with van der Waals surface area (Å²) in [4.78, 5) is 21.6. The molecule has 2 aromatic carbocycles. The van der Waals surface area contributed by atoms with Crippen LogP contribution in [0.25, 0.3) is 0 Å². The lowest BCUT2D eigenvalue weighted by molar-refractivity contribution is 0.102. The van der Waals surface area contributed by atoms with E-state index >= 15 is 0 Å². The number of rotatable bonds is 6. The van der Waals surface area contributed by atoms with E-state index in [1.807, 2.05) is 12.1 Å². The van der Waals surface area contributed by atoms with E-state index in [1.54, 1.807) is 38.7 Å². The van der Waals surface area contributed by atoms with Crippen LogP contribution in [0.3, 0.4) is 0 Å². The number of ether oxygens (including phenoxy) is 2. The minimum atomic E-state index is -0.145. The fourth-order valence-electron chi connectivity index (χ4n) is 5.19. The van der Waals surface area contributed by atoms with Gasteiger partial charge in [-0.15, -0.1) is 0 Å². The summed E-state index contributed by atoms with van der Waals surface area (Å²) in [5.74, 6) is 1.47. The van der Waals surface area contributed by atoms with Gasteiger partial charge in [0.15, 0.2) is 11.5 Å². The number of anilines is 2. The standard InChI is InChI=1S/C28H32N4O3/c1-34-26-15-20-8-12-32(19-22(20)16-27(26)35-2)24-9-13-31(14-10-24)25-7-3-6-23(17-25)30-28(33)21-5-4-11-29-18-21/h3-7,11,15-18,24H,8-10,12-14,19H2,1-2H3,(H,30,33). The number of piperidine rings is 1. The van der Waals surface area contributed by atoms with Gasteiger partial charge >= 0.3 is 0 Å². The van der Waals surface area contributed by atoms with Crippen LogP contribution >= 0.6 is 0 Å². The zero-order valence-corrected chi connectivity index (χ0v) is 20.4. The molecule has 0 spiro atoms. The third kappa shape index (κ3) is 5.10. The van der Waals surface area contributed by atoms with Crippen LogP contribution in [0, 0.1) is 0 Å². The van der Waals surface area contributed by atoms with Crippen LogP contribution in [-0.4, -0.2) is 55.7 Å². The molecule has 2 aliphatic heterocycles. The molecule has 182 valence electrons. The molecular weight excluding hydrogens is 440 g/mol. The average molecular weight is 473 g/mol. The smallest absolute Gasteiger partial charge is 0.257 e. The van der Waals surface area contributed by atoms with Gasteiger partial charge < -0.3 is 19.7 Å². The van der Waals surface area contributed by atoms with E-state index in [0.717, 1.165) is 68.3 Å². The molecule has 3 heterocycles. The second kappa shape index (κ2) is 10.4. The van der Waals surface area contributed by atoms with E-state index < -0.39 is 0 Å². The number of benzene rings is 2. The molecule has 0 unspecified atom stereocenters. The van der Waals surface area contributed by atoms with Gasteiger partial charge in [0.1, 0.15) is 0 Å². The molecule has 35 heavy (non-hydrogen) atoms. The van der Waals surface area contributed by atoms with Crippen LogP contribution in [0.4, 0.5) is 11.4 Å². The summed E-state index contributed by atoms with van der Waals surface area (Å²) in [6, 6.07) is 16.5. The molecule has 1 amide bonds. The molecular formula is C28H32N4O3. The minimum absolute atomic E-state index is 0.145. The molecule has 7 nitrogen and oxygen atoms in total. The van der Waals surface area contributed by atoms with Crippen molar-refractivity contribution in [2.24, 2.45) is 0 Å². The van der Waals surface area contributed by atoms with Gasteiger partial charge in [-0.3, -0.25) is 14.7 Å². The highest BCUT2D eigenvalue weighted by molar-refractivity contribution is 6.04. The first-order chi connectivity index (χ1) is 17.1. The average Bonchev–Trinajstić information content (AvgIpc) is 2.92. The number of nitrogens with one attached hydrogen (secondary N) is 1. The second-order valence-corrected chi connectivity index (χ2v) is 9.16. The van der Waals surface area contributed by atoms with Crippen LogP contribution in [-0.2, 0) is 13.0 Å². The SMILES string of the molecule is COc1cc2c(cc1OC)CN(C1CCN(c3cccc(NC(=O)c4cccnc4)c3)CC1)CC2. The molecule has 1 N–H and O–H groups in total. The second-order valence-electron chi connectivity index (χ2n) is 9.16. The van der Waals surface area contributed by atoms with E-state index in [4.69, 9.17) is 9.47 Å². The Morgan fingerprint density at radius 3 is 2.46 bits per heavy atom. The van der Waals surface area contributed by atoms with Crippen molar-refractivity contribution in [1.29, 1.82) is 0 Å². The highest BCUT2D eigenvalue weighted by atomic mass is 16.5. The largest absolute Gasteiger partial charge is 0.493 e. The quantitative estimate of drug-likeness (QED) is 0.574. The number of carbonyl (C=O) groups excluding carboxylic acids is 1. The van der Waals surface area contributed by atoms with Crippen LogP contribution in [0.2, 0.25) is 0 Å². The molecule has 7 heteroatoms. The van der Waals surface area contributed by atoms with Gasteiger partial charge in [0.05, 0.1) is 19.8 Å². The predicted molar refractivity (Wildman–Crippen MR) is 138 cm³/mol. The van der Waals surface area contributed by atoms with Crippen molar-refractivity contribution in [3.05, 3.63) is 77.6 Å². The summed E-state index contributed by atoms with van der Waals surface area (Å²) in [6.45, 7) is 4.03. The normalized spacial score (nSPS) is 16.5. The lowest BCUT2D eigenvalue weighted by Crippen LogP contribution is -2.46. The number of hydrogen-bond acceptors (Lipinski definition) is 6. The van der Waals surface area contributed by atoms with Crippen molar-refractivity contribution in [3.8, 4) is 11.5 Å². The van der Waals surface area contributed by atoms with Crippen molar-refractivity contribution in [2.75, 3.05) is 44.1 Å². The molecule has 1 aromatic heterocycles. The van der Waals surface area contributed by atoms with E-state index in [0.29, 0.717) is 11.6 Å². The first-order valence-electron chi connectivity index (χ1n) is 12.2. The van der Waals surface area contributed by atoms with Crippen molar-refractivity contribution in [2.45, 2.75) is 31.8 Å². The van der Waals surface area contributed by atoms with Crippen LogP contribution in [0.1, 0.15) is 34.3 Å². The number of methoxy groups -OCH3 is 2. The Bertz CT molecular complexity index is 1180. The number of carbonyl (C=O) groups is 1. The van der Waals surface area contributed by atoms with E-state index in [1.165, 1.54) is 11.1 Å². The topological polar surface area (TPSA) is 66.9 Å². The van der Waals surface area contributed by atoms with E-state index in [2.05, 4.69) is 44.4 Å². The Hall–Kier alpha value is -3.58. The van der Waals surface area contributed by atoms with Crippen molar-refractivity contribution in [1.82, 2.24) is 9.88 Å². The third-order valence-corrected chi connectivity index (χ3v) is 7.12. The maximum Gasteiger partial charge on any atom is 0.257 e. The number of hydrogen-bond donors (Lipinski definition) is 1. The zero-order chi connectivity index (χ0) is 24.2. The highest BCUT2D eigenvalue weighted by Crippen LogP contribution is 2.35. The van der Waals surface area contributed by atoms with Gasteiger partial charge in [0, 0.05) is 56.0 Å². The van der Waals surface area contributed by atoms with Crippen LogP contribution < -0.4 is 19.7 Å². The minimum Gasteiger partial charge on any atom is -0.493 e. The summed E-state index contributed by atoms with van der Waals surface area (Å²) in [5, 5.41) is 2.99. The van der Waals surface area contributed by atoms with Gasteiger partial charge in [-0.05, 0) is 72.9 Å². The molecule has 5 rings (SSSR count). The molecule has 1 fully saturated rings. The monoisotopic (exact) mass is 472 g/mol. The van der Waals surface area contributed by atoms with Crippen molar-refractivity contribution in [3.63, 3.8) is 0 Å². The van der Waals surface area contributed by atoms with Gasteiger partial charge in [0.2, 0.25) is 0 Å². The maximum absolute atomic E-state index is 12.5. The Labute approximate surface area is 206 Å². The molecule has 0 aliphatic carbocycles.